The fourth-order valence-corrected chi connectivity index (χ4v) is 1.33. The van der Waals surface area contributed by atoms with Crippen molar-refractivity contribution in [2.24, 2.45) is 0 Å². The van der Waals surface area contributed by atoms with Gasteiger partial charge in [-0.25, -0.2) is 9.97 Å². The molecule has 0 saturated heterocycles. The van der Waals surface area contributed by atoms with Gasteiger partial charge in [0, 0.05) is 17.9 Å². The highest BCUT2D eigenvalue weighted by Gasteiger charge is 2.22. The SMILES string of the molecule is CC(NC(=O)c1nccnc1N)C(=O)NC(C)(C)C. The smallest absolute Gasteiger partial charge is 0.274 e. The summed E-state index contributed by atoms with van der Waals surface area (Å²) >= 11 is 0. The number of nitrogen functional groups attached to an aromatic ring is 1. The Bertz CT molecular complexity index is 481. The molecule has 2 amide bonds. The zero-order valence-electron chi connectivity index (χ0n) is 11.5. The van der Waals surface area contributed by atoms with Crippen molar-refractivity contribution in [2.45, 2.75) is 39.3 Å². The summed E-state index contributed by atoms with van der Waals surface area (Å²) < 4.78 is 0. The predicted molar refractivity (Wildman–Crippen MR) is 71.3 cm³/mol. The molecule has 19 heavy (non-hydrogen) atoms. The minimum Gasteiger partial charge on any atom is -0.382 e. The van der Waals surface area contributed by atoms with E-state index in [4.69, 9.17) is 5.73 Å². The third-order valence-corrected chi connectivity index (χ3v) is 2.18. The van der Waals surface area contributed by atoms with Gasteiger partial charge in [-0.05, 0) is 27.7 Å². The summed E-state index contributed by atoms with van der Waals surface area (Å²) in [7, 11) is 0. The van der Waals surface area contributed by atoms with E-state index in [1.54, 1.807) is 6.92 Å². The van der Waals surface area contributed by atoms with Crippen LogP contribution in [0.2, 0.25) is 0 Å². The summed E-state index contributed by atoms with van der Waals surface area (Å²) in [5, 5.41) is 5.30. The molecule has 0 saturated carbocycles. The lowest BCUT2D eigenvalue weighted by atomic mass is 10.1. The molecule has 7 heteroatoms. The highest BCUT2D eigenvalue weighted by Crippen LogP contribution is 2.04. The van der Waals surface area contributed by atoms with E-state index >= 15 is 0 Å². The van der Waals surface area contributed by atoms with Crippen molar-refractivity contribution in [3.8, 4) is 0 Å². The predicted octanol–water partition coefficient (Wildman–Crippen LogP) is 0.0918. The molecule has 1 heterocycles. The molecule has 1 rings (SSSR count). The first-order valence-corrected chi connectivity index (χ1v) is 5.90. The van der Waals surface area contributed by atoms with Crippen LogP contribution in [0.4, 0.5) is 5.82 Å². The standard InChI is InChI=1S/C12H19N5O2/c1-7(10(18)17-12(2,3)4)16-11(19)8-9(13)15-6-5-14-8/h5-7H,1-4H3,(H2,13,15)(H,16,19)(H,17,18). The highest BCUT2D eigenvalue weighted by molar-refractivity contribution is 5.98. The molecule has 0 aliphatic heterocycles. The molecule has 1 aromatic heterocycles. The quantitative estimate of drug-likeness (QED) is 0.717. The summed E-state index contributed by atoms with van der Waals surface area (Å²) in [6, 6.07) is -0.687. The van der Waals surface area contributed by atoms with Crippen LogP contribution in [0.15, 0.2) is 12.4 Å². The first-order valence-electron chi connectivity index (χ1n) is 5.90. The van der Waals surface area contributed by atoms with Crippen LogP contribution in [0, 0.1) is 0 Å². The average molecular weight is 265 g/mol. The molecule has 0 spiro atoms. The number of carbonyl (C=O) groups is 2. The second-order valence-corrected chi connectivity index (χ2v) is 5.22. The second kappa shape index (κ2) is 5.64. The highest BCUT2D eigenvalue weighted by atomic mass is 16.2. The van der Waals surface area contributed by atoms with Crippen molar-refractivity contribution in [2.75, 3.05) is 5.73 Å². The van der Waals surface area contributed by atoms with Crippen LogP contribution >= 0.6 is 0 Å². The number of carbonyl (C=O) groups excluding carboxylic acids is 2. The largest absolute Gasteiger partial charge is 0.382 e. The monoisotopic (exact) mass is 265 g/mol. The molecule has 0 radical (unpaired) electrons. The lowest BCUT2D eigenvalue weighted by Crippen LogP contribution is -2.51. The van der Waals surface area contributed by atoms with Crippen molar-refractivity contribution >= 4 is 17.6 Å². The molecule has 0 fully saturated rings. The van der Waals surface area contributed by atoms with E-state index in [0.717, 1.165) is 0 Å². The molecule has 7 nitrogen and oxygen atoms in total. The Balaban J connectivity index is 2.67. The molecule has 1 atom stereocenters. The van der Waals surface area contributed by atoms with Gasteiger partial charge in [0.2, 0.25) is 5.91 Å². The van der Waals surface area contributed by atoms with Gasteiger partial charge in [-0.1, -0.05) is 0 Å². The molecule has 104 valence electrons. The van der Waals surface area contributed by atoms with Gasteiger partial charge in [0.05, 0.1) is 0 Å². The minimum atomic E-state index is -0.687. The Labute approximate surface area is 112 Å². The number of amides is 2. The first kappa shape index (κ1) is 14.9. The van der Waals surface area contributed by atoms with E-state index < -0.39 is 11.9 Å². The van der Waals surface area contributed by atoms with E-state index in [9.17, 15) is 9.59 Å². The zero-order valence-corrected chi connectivity index (χ0v) is 11.5. The molecule has 4 N–H and O–H groups in total. The third kappa shape index (κ3) is 4.53. The van der Waals surface area contributed by atoms with Gasteiger partial charge in [-0.2, -0.15) is 0 Å². The lowest BCUT2D eigenvalue weighted by molar-refractivity contribution is -0.124. The van der Waals surface area contributed by atoms with Crippen LogP contribution < -0.4 is 16.4 Å². The van der Waals surface area contributed by atoms with Crippen LogP contribution in [0.5, 0.6) is 0 Å². The maximum Gasteiger partial charge on any atom is 0.274 e. The summed E-state index contributed by atoms with van der Waals surface area (Å²) in [6.45, 7) is 7.17. The third-order valence-electron chi connectivity index (χ3n) is 2.18. The van der Waals surface area contributed by atoms with Crippen LogP contribution in [-0.2, 0) is 4.79 Å². The minimum absolute atomic E-state index is 0.0120. The van der Waals surface area contributed by atoms with Gasteiger partial charge in [0.15, 0.2) is 11.5 Å². The van der Waals surface area contributed by atoms with Crippen molar-refractivity contribution in [1.82, 2.24) is 20.6 Å². The maximum atomic E-state index is 11.9. The van der Waals surface area contributed by atoms with Gasteiger partial charge in [0.1, 0.15) is 6.04 Å². The molecular formula is C12H19N5O2. The number of anilines is 1. The lowest BCUT2D eigenvalue weighted by Gasteiger charge is -2.23. The summed E-state index contributed by atoms with van der Waals surface area (Å²) in [5.74, 6) is -0.770. The van der Waals surface area contributed by atoms with E-state index in [0.29, 0.717) is 0 Å². The number of nitrogens with one attached hydrogen (secondary N) is 2. The van der Waals surface area contributed by atoms with Crippen molar-refractivity contribution in [1.29, 1.82) is 0 Å². The molecule has 0 aromatic carbocycles. The van der Waals surface area contributed by atoms with Gasteiger partial charge in [0.25, 0.3) is 5.91 Å². The topological polar surface area (TPSA) is 110 Å². The summed E-state index contributed by atoms with van der Waals surface area (Å²) in [5.41, 5.74) is 5.19. The second-order valence-electron chi connectivity index (χ2n) is 5.22. The van der Waals surface area contributed by atoms with Gasteiger partial charge >= 0.3 is 0 Å². The number of nitrogens with zero attached hydrogens (tertiary/aromatic N) is 2. The van der Waals surface area contributed by atoms with E-state index in [2.05, 4.69) is 20.6 Å². The van der Waals surface area contributed by atoms with E-state index in [1.165, 1.54) is 12.4 Å². The first-order chi connectivity index (χ1) is 8.70. The Kier molecular flexibility index (Phi) is 4.42. The molecule has 0 bridgehead atoms. The number of rotatable bonds is 3. The van der Waals surface area contributed by atoms with Crippen LogP contribution in [0.1, 0.15) is 38.2 Å². The summed E-state index contributed by atoms with van der Waals surface area (Å²) in [4.78, 5) is 31.3. The molecule has 0 aliphatic carbocycles. The Morgan fingerprint density at radius 2 is 1.84 bits per heavy atom. The number of hydrogen-bond donors (Lipinski definition) is 3. The van der Waals surface area contributed by atoms with Gasteiger partial charge in [-0.15, -0.1) is 0 Å². The maximum absolute atomic E-state index is 11.9. The normalized spacial score (nSPS) is 12.6. The van der Waals surface area contributed by atoms with Crippen molar-refractivity contribution < 1.29 is 9.59 Å². The molecule has 1 aromatic rings. The number of aromatic nitrogens is 2. The summed E-state index contributed by atoms with van der Waals surface area (Å²) in [6.07, 6.45) is 2.76. The molecule has 1 unspecified atom stereocenters. The number of nitrogens with two attached hydrogens (primary N) is 1. The van der Waals surface area contributed by atoms with E-state index in [1.807, 2.05) is 20.8 Å². The Hall–Kier alpha value is -2.18. The zero-order chi connectivity index (χ0) is 14.6. The van der Waals surface area contributed by atoms with Crippen molar-refractivity contribution in [3.05, 3.63) is 18.1 Å². The Morgan fingerprint density at radius 1 is 1.26 bits per heavy atom. The fraction of sp³-hybridized carbons (Fsp3) is 0.500. The fourth-order valence-electron chi connectivity index (χ4n) is 1.33. The Morgan fingerprint density at radius 3 is 2.37 bits per heavy atom. The van der Waals surface area contributed by atoms with Crippen LogP contribution in [0.3, 0.4) is 0 Å². The molecule has 0 aliphatic rings. The van der Waals surface area contributed by atoms with Gasteiger partial charge < -0.3 is 16.4 Å². The van der Waals surface area contributed by atoms with E-state index in [-0.39, 0.29) is 23.0 Å². The van der Waals surface area contributed by atoms with Crippen LogP contribution in [0.25, 0.3) is 0 Å². The van der Waals surface area contributed by atoms with Crippen molar-refractivity contribution in [3.63, 3.8) is 0 Å². The van der Waals surface area contributed by atoms with Crippen LogP contribution in [-0.4, -0.2) is 33.4 Å². The molecular weight excluding hydrogens is 246 g/mol. The number of hydrogen-bond acceptors (Lipinski definition) is 5. The average Bonchev–Trinajstić information content (AvgIpc) is 2.27. The van der Waals surface area contributed by atoms with Gasteiger partial charge in [-0.3, -0.25) is 9.59 Å².